The molecule has 60 valence electrons. The summed E-state index contributed by atoms with van der Waals surface area (Å²) in [6.07, 6.45) is 1.13. The third-order valence-corrected chi connectivity index (χ3v) is 0.977. The molecule has 0 aromatic carbocycles. The summed E-state index contributed by atoms with van der Waals surface area (Å²) in [5.74, 6) is -0.0324. The molecule has 0 aliphatic heterocycles. The van der Waals surface area contributed by atoms with Crippen molar-refractivity contribution in [2.75, 3.05) is 5.75 Å². The van der Waals surface area contributed by atoms with Gasteiger partial charge in [-0.1, -0.05) is 19.9 Å². The van der Waals surface area contributed by atoms with Crippen LogP contribution >= 0.6 is 0 Å². The smallest absolute Gasteiger partial charge is 0.793 e. The molecule has 0 bridgehead atoms. The summed E-state index contributed by atoms with van der Waals surface area (Å²) in [5, 5.41) is 7.89. The minimum atomic E-state index is -0.935. The van der Waals surface area contributed by atoms with Gasteiger partial charge in [0.15, 0.2) is 0 Å². The van der Waals surface area contributed by atoms with Crippen LogP contribution in [-0.4, -0.2) is 16.8 Å². The minimum Gasteiger partial charge on any atom is -0.793 e. The second kappa shape index (κ2) is 13.2. The van der Waals surface area contributed by atoms with Crippen LogP contribution < -0.4 is 29.6 Å². The Morgan fingerprint density at radius 1 is 1.64 bits per heavy atom. The fraction of sp³-hybridized carbons (Fsp3) is 0.571. The Morgan fingerprint density at radius 3 is 1.82 bits per heavy atom. The Bertz CT molecular complexity index is 101. The van der Waals surface area contributed by atoms with Crippen LogP contribution in [0.5, 0.6) is 0 Å². The zero-order valence-electron chi connectivity index (χ0n) is 7.39. The molecule has 0 saturated carbocycles. The molecule has 0 rings (SSSR count). The molecule has 0 heterocycles. The van der Waals surface area contributed by atoms with Crippen molar-refractivity contribution >= 4 is 18.6 Å². The molecule has 0 aromatic rings. The molecule has 0 amide bonds. The van der Waals surface area contributed by atoms with Gasteiger partial charge in [0.25, 0.3) is 0 Å². The van der Waals surface area contributed by atoms with Crippen LogP contribution in [0.25, 0.3) is 0 Å². The number of carbonyl (C=O) groups is 1. The van der Waals surface area contributed by atoms with Gasteiger partial charge in [0.05, 0.1) is 0 Å². The molecule has 0 aromatic heterocycles. The topological polar surface area (TPSA) is 37.3 Å². The van der Waals surface area contributed by atoms with Gasteiger partial charge in [0.1, 0.15) is 0 Å². The normalized spacial score (nSPS) is 6.82. The molecule has 2 nitrogen and oxygen atoms in total. The van der Waals surface area contributed by atoms with Gasteiger partial charge in [-0.25, -0.2) is 4.79 Å². The van der Waals surface area contributed by atoms with E-state index in [1.807, 2.05) is 0 Å². The molecule has 1 N–H and O–H groups in total. The summed E-state index contributed by atoms with van der Waals surface area (Å²) in [5.41, 5.74) is 0.176. The zero-order valence-corrected chi connectivity index (χ0v) is 10.2. The third kappa shape index (κ3) is 25.0. The molecular formula is C7H13NaO2S. The number of carboxylic acid groups (broad SMARTS) is 1. The van der Waals surface area contributed by atoms with Gasteiger partial charge in [0, 0.05) is 5.57 Å². The molecule has 0 aliphatic rings. The van der Waals surface area contributed by atoms with Crippen molar-refractivity contribution in [2.45, 2.75) is 20.3 Å². The van der Waals surface area contributed by atoms with Crippen LogP contribution in [0.4, 0.5) is 0 Å². The van der Waals surface area contributed by atoms with Gasteiger partial charge in [-0.15, -0.1) is 0 Å². The summed E-state index contributed by atoms with van der Waals surface area (Å²) in [6.45, 7) is 6.68. The van der Waals surface area contributed by atoms with E-state index in [1.165, 1.54) is 6.92 Å². The molecule has 4 heteroatoms. The van der Waals surface area contributed by atoms with E-state index in [-0.39, 0.29) is 35.1 Å². The van der Waals surface area contributed by atoms with E-state index < -0.39 is 5.97 Å². The fourth-order valence-corrected chi connectivity index (χ4v) is 0. The van der Waals surface area contributed by atoms with Crippen molar-refractivity contribution in [3.8, 4) is 0 Å². The zero-order chi connectivity index (χ0) is 8.57. The Balaban J connectivity index is -0.000000114. The van der Waals surface area contributed by atoms with E-state index in [1.54, 1.807) is 0 Å². The van der Waals surface area contributed by atoms with E-state index in [4.69, 9.17) is 5.11 Å². The van der Waals surface area contributed by atoms with E-state index in [9.17, 15) is 4.79 Å². The fourth-order valence-electron chi connectivity index (χ4n) is 0. The molecule has 0 saturated heterocycles. The summed E-state index contributed by atoms with van der Waals surface area (Å²) < 4.78 is 0. The summed E-state index contributed by atoms with van der Waals surface area (Å²) in [6, 6.07) is 0. The molecule has 11 heavy (non-hydrogen) atoms. The Hall–Kier alpha value is 0.560. The summed E-state index contributed by atoms with van der Waals surface area (Å²) in [4.78, 5) is 9.60. The minimum absolute atomic E-state index is 0. The van der Waals surface area contributed by atoms with Gasteiger partial charge in [-0.05, 0) is 6.92 Å². The van der Waals surface area contributed by atoms with Gasteiger partial charge >= 0.3 is 35.5 Å². The standard InChI is InChI=1S/C4H6O2.C3H8S.Na/c1-3(2)4(5)6;1-2-3-4;/h1H2,2H3,(H,5,6);4H,2-3H2,1H3;/q;;+1/p-1. The second-order valence-corrected chi connectivity index (χ2v) is 2.20. The first-order valence-electron chi connectivity index (χ1n) is 3.03. The number of hydrogen-bond acceptors (Lipinski definition) is 2. The predicted molar refractivity (Wildman–Crippen MR) is 45.0 cm³/mol. The van der Waals surface area contributed by atoms with Crippen molar-refractivity contribution in [3.05, 3.63) is 12.2 Å². The van der Waals surface area contributed by atoms with Crippen molar-refractivity contribution in [3.63, 3.8) is 0 Å². The first-order chi connectivity index (χ1) is 4.56. The number of rotatable bonds is 2. The van der Waals surface area contributed by atoms with Crippen LogP contribution in [0.3, 0.4) is 0 Å². The maximum Gasteiger partial charge on any atom is 1.00 e. The van der Waals surface area contributed by atoms with Crippen molar-refractivity contribution < 1.29 is 39.5 Å². The van der Waals surface area contributed by atoms with E-state index in [0.29, 0.717) is 0 Å². The SMILES string of the molecule is C=C(C)C(=O)O.CCC[S-].[Na+]. The van der Waals surface area contributed by atoms with Crippen LogP contribution in [0.2, 0.25) is 0 Å². The van der Waals surface area contributed by atoms with E-state index in [2.05, 4.69) is 26.1 Å². The van der Waals surface area contributed by atoms with Crippen molar-refractivity contribution in [1.29, 1.82) is 0 Å². The van der Waals surface area contributed by atoms with Crippen molar-refractivity contribution in [1.82, 2.24) is 0 Å². The predicted octanol–water partition coefficient (Wildman–Crippen LogP) is -1.41. The quantitative estimate of drug-likeness (QED) is 0.326. The summed E-state index contributed by atoms with van der Waals surface area (Å²) >= 11 is 4.55. The molecule has 0 aliphatic carbocycles. The molecule has 0 spiro atoms. The van der Waals surface area contributed by atoms with Gasteiger partial charge in [-0.3, -0.25) is 0 Å². The molecule has 0 unspecified atom stereocenters. The number of aliphatic carboxylic acids is 1. The van der Waals surface area contributed by atoms with Crippen LogP contribution in [0, 0.1) is 0 Å². The monoisotopic (exact) mass is 184 g/mol. The van der Waals surface area contributed by atoms with Crippen LogP contribution in [-0.2, 0) is 17.4 Å². The van der Waals surface area contributed by atoms with Gasteiger partial charge in [-0.2, -0.15) is 5.75 Å². The average molecular weight is 184 g/mol. The molecule has 0 atom stereocenters. The number of carboxylic acids is 1. The van der Waals surface area contributed by atoms with Gasteiger partial charge in [0.2, 0.25) is 0 Å². The first-order valence-corrected chi connectivity index (χ1v) is 3.60. The Morgan fingerprint density at radius 2 is 1.82 bits per heavy atom. The number of hydrogen-bond donors (Lipinski definition) is 1. The first kappa shape index (κ1) is 17.6. The van der Waals surface area contributed by atoms with E-state index in [0.717, 1.165) is 12.2 Å². The van der Waals surface area contributed by atoms with Crippen molar-refractivity contribution in [2.24, 2.45) is 0 Å². The molecule has 0 radical (unpaired) electrons. The maximum atomic E-state index is 9.60. The van der Waals surface area contributed by atoms with E-state index >= 15 is 0 Å². The summed E-state index contributed by atoms with van der Waals surface area (Å²) in [7, 11) is 0. The maximum absolute atomic E-state index is 9.60. The van der Waals surface area contributed by atoms with Crippen LogP contribution in [0.1, 0.15) is 20.3 Å². The second-order valence-electron chi connectivity index (χ2n) is 1.79. The third-order valence-electron chi connectivity index (χ3n) is 0.569. The Labute approximate surface area is 95.8 Å². The Kier molecular flexibility index (Phi) is 21.1. The molecular weight excluding hydrogens is 171 g/mol. The average Bonchev–Trinajstić information content (AvgIpc) is 1.89. The largest absolute Gasteiger partial charge is 1.00 e. The van der Waals surface area contributed by atoms with Crippen LogP contribution in [0.15, 0.2) is 12.2 Å². The van der Waals surface area contributed by atoms with Gasteiger partial charge < -0.3 is 17.7 Å². The molecule has 0 fully saturated rings.